The number of alkyl halides is 2. The van der Waals surface area contributed by atoms with Crippen LogP contribution in [0, 0.1) is 40.4 Å². The summed E-state index contributed by atoms with van der Waals surface area (Å²) in [5, 5.41) is 11.0. The van der Waals surface area contributed by atoms with Gasteiger partial charge in [-0.15, -0.1) is 0 Å². The molecule has 0 unspecified atom stereocenters. The normalized spacial score (nSPS) is 33.4. The number of allylic oxidation sites excluding steroid dienone is 1. The Kier molecular flexibility index (Phi) is 6.38. The Morgan fingerprint density at radius 3 is 2.61 bits per heavy atom. The van der Waals surface area contributed by atoms with E-state index < -0.39 is 59.1 Å². The summed E-state index contributed by atoms with van der Waals surface area (Å²) in [5.74, 6) is -0.776. The number of rotatable bonds is 3. The number of carbonyl (C=O) groups is 1. The smallest absolute Gasteiger partial charge is 0.316 e. The summed E-state index contributed by atoms with van der Waals surface area (Å²) in [6.07, 6.45) is 2.03. The van der Waals surface area contributed by atoms with E-state index in [1.54, 1.807) is 31.3 Å². The topological polar surface area (TPSA) is 59.4 Å². The monoisotopic (exact) mass is 495 g/mol. The molecule has 31 heavy (non-hydrogen) atoms. The molecule has 1 N–H and O–H groups in total. The van der Waals surface area contributed by atoms with Crippen LogP contribution in [0.3, 0.4) is 0 Å². The number of fused-ring (bicyclic) bond motifs is 1. The molecular weight excluding hydrogens is 468 g/mol. The van der Waals surface area contributed by atoms with Gasteiger partial charge in [0.1, 0.15) is 17.6 Å². The number of nitrogens with zero attached hydrogens (tertiary/aromatic N) is 1. The van der Waals surface area contributed by atoms with Crippen molar-refractivity contribution in [1.82, 2.24) is 4.98 Å². The lowest BCUT2D eigenvalue weighted by Gasteiger charge is -2.48. The zero-order chi connectivity index (χ0) is 23.2. The van der Waals surface area contributed by atoms with Crippen molar-refractivity contribution in [2.75, 3.05) is 0 Å². The summed E-state index contributed by atoms with van der Waals surface area (Å²) in [6, 6.07) is 3.58. The van der Waals surface area contributed by atoms with Gasteiger partial charge in [0, 0.05) is 34.3 Å². The number of esters is 1. The van der Waals surface area contributed by atoms with Gasteiger partial charge in [0.15, 0.2) is 0 Å². The molecule has 1 aromatic rings. The highest BCUT2D eigenvalue weighted by atomic mass is 79.9. The SMILES string of the molecule is C[C@H]1OC(=O)[C@]2([C@H](O)C#CC(C)(C)C)CC(F)(F)[C@@H](C)[C@H](/C=C/c3ccc(Br)cn3)[C@H]12. The van der Waals surface area contributed by atoms with Crippen LogP contribution in [0.5, 0.6) is 0 Å². The van der Waals surface area contributed by atoms with Gasteiger partial charge in [-0.25, -0.2) is 8.78 Å². The van der Waals surface area contributed by atoms with Gasteiger partial charge in [-0.05, 0) is 67.8 Å². The number of carbonyl (C=O) groups excluding carboxylic acids is 1. The van der Waals surface area contributed by atoms with Crippen LogP contribution in [0.4, 0.5) is 8.78 Å². The molecule has 3 rings (SSSR count). The second kappa shape index (κ2) is 8.29. The van der Waals surface area contributed by atoms with Crippen LogP contribution in [-0.2, 0) is 9.53 Å². The standard InChI is InChI=1S/C24H28BrF2NO3/c1-14-18(9-8-17-7-6-16(25)12-28-17)20-15(2)31-21(30)23(20,13-24(14,26)27)19(29)10-11-22(3,4)5/h6-9,12,14-15,18-20,29H,13H2,1-5H3/b9-8+/t14-,15+,18-,19+,20-,23-/m0/s1. The van der Waals surface area contributed by atoms with Gasteiger partial charge in [0.2, 0.25) is 0 Å². The molecule has 0 spiro atoms. The number of aromatic nitrogens is 1. The first-order chi connectivity index (χ1) is 14.3. The quantitative estimate of drug-likeness (QED) is 0.467. The molecule has 4 nitrogen and oxygen atoms in total. The molecule has 0 amide bonds. The maximum atomic E-state index is 15.2. The van der Waals surface area contributed by atoms with Crippen molar-refractivity contribution in [1.29, 1.82) is 0 Å². The van der Waals surface area contributed by atoms with Crippen LogP contribution in [0.2, 0.25) is 0 Å². The summed E-state index contributed by atoms with van der Waals surface area (Å²) in [5.41, 5.74) is -1.62. The Labute approximate surface area is 190 Å². The van der Waals surface area contributed by atoms with Crippen molar-refractivity contribution in [2.45, 2.75) is 59.2 Å². The van der Waals surface area contributed by atoms with Crippen LogP contribution < -0.4 is 0 Å². The van der Waals surface area contributed by atoms with Crippen LogP contribution in [0.1, 0.15) is 46.7 Å². The maximum Gasteiger partial charge on any atom is 0.316 e. The van der Waals surface area contributed by atoms with E-state index in [4.69, 9.17) is 4.74 Å². The molecular formula is C24H28BrF2NO3. The third-order valence-corrected chi connectivity index (χ3v) is 6.74. The first-order valence-electron chi connectivity index (χ1n) is 10.4. The molecule has 1 saturated heterocycles. The highest BCUT2D eigenvalue weighted by molar-refractivity contribution is 9.10. The zero-order valence-corrected chi connectivity index (χ0v) is 19.9. The van der Waals surface area contributed by atoms with E-state index in [-0.39, 0.29) is 0 Å². The van der Waals surface area contributed by atoms with E-state index >= 15 is 8.78 Å². The molecule has 7 heteroatoms. The van der Waals surface area contributed by atoms with Gasteiger partial charge in [0.05, 0.1) is 5.69 Å². The number of halogens is 3. The second-order valence-corrected chi connectivity index (χ2v) is 10.6. The average molecular weight is 496 g/mol. The Hall–Kier alpha value is -1.78. The van der Waals surface area contributed by atoms with E-state index in [9.17, 15) is 9.90 Å². The van der Waals surface area contributed by atoms with Crippen LogP contribution in [0.25, 0.3) is 6.08 Å². The molecule has 2 aliphatic rings. The lowest BCUT2D eigenvalue weighted by molar-refractivity contribution is -0.184. The summed E-state index contributed by atoms with van der Waals surface area (Å²) in [4.78, 5) is 17.2. The predicted molar refractivity (Wildman–Crippen MR) is 118 cm³/mol. The zero-order valence-electron chi connectivity index (χ0n) is 18.3. The van der Waals surface area contributed by atoms with E-state index in [1.165, 1.54) is 6.92 Å². The lowest BCUT2D eigenvalue weighted by Crippen LogP contribution is -2.58. The van der Waals surface area contributed by atoms with Gasteiger partial charge in [-0.1, -0.05) is 24.8 Å². The lowest BCUT2D eigenvalue weighted by atomic mass is 9.54. The van der Waals surface area contributed by atoms with Crippen molar-refractivity contribution in [3.8, 4) is 11.8 Å². The molecule has 2 heterocycles. The molecule has 0 aromatic carbocycles. The molecule has 1 aliphatic carbocycles. The van der Waals surface area contributed by atoms with E-state index in [1.807, 2.05) is 26.8 Å². The van der Waals surface area contributed by atoms with Crippen molar-refractivity contribution < 1.29 is 23.4 Å². The van der Waals surface area contributed by atoms with Crippen molar-refractivity contribution in [3.05, 3.63) is 34.6 Å². The minimum Gasteiger partial charge on any atom is -0.462 e. The third-order valence-electron chi connectivity index (χ3n) is 6.27. The molecule has 6 atom stereocenters. The van der Waals surface area contributed by atoms with Crippen molar-refractivity contribution in [2.24, 2.45) is 28.6 Å². The number of pyridine rings is 1. The first-order valence-corrected chi connectivity index (χ1v) is 11.2. The summed E-state index contributed by atoms with van der Waals surface area (Å²) < 4.78 is 36.7. The Morgan fingerprint density at radius 1 is 1.35 bits per heavy atom. The van der Waals surface area contributed by atoms with Gasteiger partial charge < -0.3 is 9.84 Å². The average Bonchev–Trinajstić information content (AvgIpc) is 2.91. The number of hydrogen-bond acceptors (Lipinski definition) is 4. The van der Waals surface area contributed by atoms with Gasteiger partial charge in [0.25, 0.3) is 5.92 Å². The summed E-state index contributed by atoms with van der Waals surface area (Å²) in [6.45, 7) is 8.74. The number of aliphatic hydroxyl groups is 1. The largest absolute Gasteiger partial charge is 0.462 e. The maximum absolute atomic E-state index is 15.2. The fourth-order valence-corrected chi connectivity index (χ4v) is 4.92. The van der Waals surface area contributed by atoms with Gasteiger partial charge >= 0.3 is 5.97 Å². The van der Waals surface area contributed by atoms with E-state index in [0.717, 1.165) is 4.47 Å². The van der Waals surface area contributed by atoms with Crippen molar-refractivity contribution >= 4 is 28.0 Å². The predicted octanol–water partition coefficient (Wildman–Crippen LogP) is 5.11. The fourth-order valence-electron chi connectivity index (χ4n) is 4.68. The van der Waals surface area contributed by atoms with Crippen LogP contribution in [0.15, 0.2) is 28.9 Å². The highest BCUT2D eigenvalue weighted by Crippen LogP contribution is 2.60. The van der Waals surface area contributed by atoms with Crippen molar-refractivity contribution in [3.63, 3.8) is 0 Å². The summed E-state index contributed by atoms with van der Waals surface area (Å²) >= 11 is 3.32. The Balaban J connectivity index is 2.07. The molecule has 0 bridgehead atoms. The fraction of sp³-hybridized carbons (Fsp3) is 0.583. The number of aliphatic hydroxyl groups excluding tert-OH is 1. The second-order valence-electron chi connectivity index (χ2n) is 9.66. The Bertz CT molecular complexity index is 929. The van der Waals surface area contributed by atoms with Gasteiger partial charge in [-0.3, -0.25) is 9.78 Å². The number of hydrogen-bond donors (Lipinski definition) is 1. The minimum absolute atomic E-state index is 0.446. The minimum atomic E-state index is -3.17. The number of cyclic esters (lactones) is 1. The van der Waals surface area contributed by atoms with Gasteiger partial charge in [-0.2, -0.15) is 0 Å². The van der Waals surface area contributed by atoms with Crippen LogP contribution >= 0.6 is 15.9 Å². The molecule has 1 saturated carbocycles. The molecule has 1 aromatic heterocycles. The molecule has 1 aliphatic heterocycles. The first kappa shape index (κ1) is 23.9. The van der Waals surface area contributed by atoms with E-state index in [0.29, 0.717) is 5.69 Å². The highest BCUT2D eigenvalue weighted by Gasteiger charge is 2.70. The summed E-state index contributed by atoms with van der Waals surface area (Å²) in [7, 11) is 0. The third kappa shape index (κ3) is 4.56. The van der Waals surface area contributed by atoms with Crippen LogP contribution in [-0.4, -0.2) is 34.2 Å². The Morgan fingerprint density at radius 2 is 2.03 bits per heavy atom. The van der Waals surface area contributed by atoms with E-state index in [2.05, 4.69) is 32.8 Å². The molecule has 2 fully saturated rings. The molecule has 168 valence electrons. The number of ether oxygens (including phenoxy) is 1. The molecule has 0 radical (unpaired) electrons.